The van der Waals surface area contributed by atoms with Gasteiger partial charge in [-0.25, -0.2) is 4.99 Å². The first-order valence-electron chi connectivity index (χ1n) is 9.15. The van der Waals surface area contributed by atoms with Crippen LogP contribution in [0.15, 0.2) is 29.3 Å². The Labute approximate surface area is 176 Å². The maximum absolute atomic E-state index is 6.04. The molecule has 150 valence electrons. The molecule has 1 rings (SSSR count). The van der Waals surface area contributed by atoms with Gasteiger partial charge in [-0.3, -0.25) is 0 Å². The van der Waals surface area contributed by atoms with Crippen molar-refractivity contribution in [1.82, 2.24) is 16.0 Å². The van der Waals surface area contributed by atoms with Gasteiger partial charge in [0.1, 0.15) is 11.4 Å². The predicted octanol–water partition coefficient (Wildman–Crippen LogP) is 3.93. The fourth-order valence-corrected chi connectivity index (χ4v) is 2.19. The summed E-state index contributed by atoms with van der Waals surface area (Å²) in [6, 6.07) is 8.09. The molecule has 0 radical (unpaired) electrons. The Balaban J connectivity index is 0.00000625. The minimum atomic E-state index is -0.221. The Kier molecular flexibility index (Phi) is 11.2. The monoisotopic (exact) mass is 476 g/mol. The number of aliphatic imine (C=N–C) groups is 1. The van der Waals surface area contributed by atoms with Gasteiger partial charge in [-0.05, 0) is 54.5 Å². The molecule has 0 spiro atoms. The van der Waals surface area contributed by atoms with E-state index < -0.39 is 0 Å². The molecule has 0 atom stereocenters. The molecule has 0 saturated carbocycles. The molecule has 1 aromatic rings. The quantitative estimate of drug-likeness (QED) is 0.242. The number of para-hydroxylation sites is 1. The molecule has 3 N–H and O–H groups in total. The zero-order chi connectivity index (χ0) is 18.9. The number of guanidine groups is 1. The molecule has 0 bridgehead atoms. The molecule has 26 heavy (non-hydrogen) atoms. The van der Waals surface area contributed by atoms with E-state index in [-0.39, 0.29) is 35.1 Å². The molecule has 1 aromatic carbocycles. The third-order valence-corrected chi connectivity index (χ3v) is 3.21. The van der Waals surface area contributed by atoms with Crippen LogP contribution in [0.1, 0.15) is 54.0 Å². The van der Waals surface area contributed by atoms with Crippen molar-refractivity contribution in [3.05, 3.63) is 29.8 Å². The van der Waals surface area contributed by atoms with Crippen LogP contribution in [0.25, 0.3) is 0 Å². The number of nitrogens with one attached hydrogen (secondary N) is 3. The molecule has 0 fully saturated rings. The van der Waals surface area contributed by atoms with Gasteiger partial charge >= 0.3 is 0 Å². The summed E-state index contributed by atoms with van der Waals surface area (Å²) in [5, 5.41) is 10.1. The second kappa shape index (κ2) is 11.6. The first-order chi connectivity index (χ1) is 11.6. The van der Waals surface area contributed by atoms with E-state index in [1.807, 2.05) is 18.2 Å². The van der Waals surface area contributed by atoms with Gasteiger partial charge in [0, 0.05) is 30.7 Å². The normalized spacial score (nSPS) is 12.3. The lowest BCUT2D eigenvalue weighted by Crippen LogP contribution is -2.44. The van der Waals surface area contributed by atoms with Crippen LogP contribution in [0.5, 0.6) is 5.75 Å². The summed E-state index contributed by atoms with van der Waals surface area (Å²) in [5.74, 6) is 1.72. The van der Waals surface area contributed by atoms with Gasteiger partial charge < -0.3 is 20.7 Å². The van der Waals surface area contributed by atoms with E-state index in [1.54, 1.807) is 0 Å². The highest BCUT2D eigenvalue weighted by Crippen LogP contribution is 2.23. The van der Waals surface area contributed by atoms with Crippen LogP contribution in [0.4, 0.5) is 0 Å². The Bertz CT molecular complexity index is 547. The Morgan fingerprint density at radius 1 is 1.00 bits per heavy atom. The zero-order valence-electron chi connectivity index (χ0n) is 17.4. The van der Waals surface area contributed by atoms with Gasteiger partial charge in [0.05, 0.1) is 6.54 Å². The summed E-state index contributed by atoms with van der Waals surface area (Å²) in [5.41, 5.74) is 0.990. The maximum Gasteiger partial charge on any atom is 0.191 e. The van der Waals surface area contributed by atoms with Crippen molar-refractivity contribution in [3.8, 4) is 5.75 Å². The highest BCUT2D eigenvalue weighted by Gasteiger charge is 2.14. The SMILES string of the molecule is CCNC(=NCc1ccccc1OC(C)(C)C)NCCNC(C)(C)C.I. The smallest absolute Gasteiger partial charge is 0.191 e. The topological polar surface area (TPSA) is 57.7 Å². The molecule has 0 aliphatic carbocycles. The second-order valence-electron chi connectivity index (χ2n) is 8.12. The number of benzene rings is 1. The van der Waals surface area contributed by atoms with Crippen molar-refractivity contribution < 1.29 is 4.74 Å². The van der Waals surface area contributed by atoms with Gasteiger partial charge in [-0.15, -0.1) is 24.0 Å². The van der Waals surface area contributed by atoms with Crippen LogP contribution in [0, 0.1) is 0 Å². The zero-order valence-corrected chi connectivity index (χ0v) is 19.7. The Morgan fingerprint density at radius 2 is 1.65 bits per heavy atom. The molecule has 0 heterocycles. The fraction of sp³-hybridized carbons (Fsp3) is 0.650. The molecular weight excluding hydrogens is 439 g/mol. The number of rotatable bonds is 7. The summed E-state index contributed by atoms with van der Waals surface area (Å²) in [6.07, 6.45) is 0. The van der Waals surface area contributed by atoms with Crippen molar-refractivity contribution in [2.75, 3.05) is 19.6 Å². The van der Waals surface area contributed by atoms with E-state index in [1.165, 1.54) is 0 Å². The molecule has 0 aromatic heterocycles. The van der Waals surface area contributed by atoms with Crippen LogP contribution in [0.2, 0.25) is 0 Å². The van der Waals surface area contributed by atoms with Crippen LogP contribution in [0.3, 0.4) is 0 Å². The lowest BCUT2D eigenvalue weighted by molar-refractivity contribution is 0.129. The van der Waals surface area contributed by atoms with Gasteiger partial charge in [0.25, 0.3) is 0 Å². The highest BCUT2D eigenvalue weighted by molar-refractivity contribution is 14.0. The molecule has 6 heteroatoms. The summed E-state index contributed by atoms with van der Waals surface area (Å²) in [6.45, 7) is 17.9. The number of hydrogen-bond donors (Lipinski definition) is 3. The van der Waals surface area contributed by atoms with E-state index in [2.05, 4.69) is 70.5 Å². The third-order valence-electron chi connectivity index (χ3n) is 3.21. The maximum atomic E-state index is 6.04. The van der Waals surface area contributed by atoms with Crippen molar-refractivity contribution in [3.63, 3.8) is 0 Å². The molecule has 0 saturated heterocycles. The average Bonchev–Trinajstić information content (AvgIpc) is 2.47. The lowest BCUT2D eigenvalue weighted by atomic mass is 10.1. The fourth-order valence-electron chi connectivity index (χ4n) is 2.19. The van der Waals surface area contributed by atoms with Gasteiger partial charge in [-0.1, -0.05) is 18.2 Å². The molecule has 5 nitrogen and oxygen atoms in total. The van der Waals surface area contributed by atoms with Crippen molar-refractivity contribution in [2.24, 2.45) is 4.99 Å². The summed E-state index contributed by atoms with van der Waals surface area (Å²) in [4.78, 5) is 4.70. The van der Waals surface area contributed by atoms with Gasteiger partial charge in [0.2, 0.25) is 0 Å². The predicted molar refractivity (Wildman–Crippen MR) is 123 cm³/mol. The minimum Gasteiger partial charge on any atom is -0.488 e. The number of ether oxygens (including phenoxy) is 1. The molecule has 0 unspecified atom stereocenters. The van der Waals surface area contributed by atoms with Crippen molar-refractivity contribution in [1.29, 1.82) is 0 Å². The summed E-state index contributed by atoms with van der Waals surface area (Å²) < 4.78 is 6.04. The van der Waals surface area contributed by atoms with Crippen LogP contribution < -0.4 is 20.7 Å². The van der Waals surface area contributed by atoms with Crippen molar-refractivity contribution >= 4 is 29.9 Å². The van der Waals surface area contributed by atoms with Crippen molar-refractivity contribution in [2.45, 2.75) is 66.2 Å². The first-order valence-corrected chi connectivity index (χ1v) is 9.15. The van der Waals surface area contributed by atoms with Gasteiger partial charge in [0.15, 0.2) is 5.96 Å². The Morgan fingerprint density at radius 3 is 2.23 bits per heavy atom. The standard InChI is InChI=1S/C20H36N4O.HI/c1-8-21-18(22-13-14-24-19(2,3)4)23-15-16-11-9-10-12-17(16)25-20(5,6)7;/h9-12,24H,8,13-15H2,1-7H3,(H2,21,22,23);1H. The van der Waals surface area contributed by atoms with E-state index in [0.717, 1.165) is 36.9 Å². The third kappa shape index (κ3) is 11.6. The second-order valence-corrected chi connectivity index (χ2v) is 8.12. The summed E-state index contributed by atoms with van der Waals surface area (Å²) >= 11 is 0. The molecule has 0 aliphatic heterocycles. The van der Waals surface area contributed by atoms with Crippen LogP contribution >= 0.6 is 24.0 Å². The average molecular weight is 476 g/mol. The van der Waals surface area contributed by atoms with Crippen LogP contribution in [-0.2, 0) is 6.54 Å². The Hall–Kier alpha value is -1.02. The van der Waals surface area contributed by atoms with E-state index >= 15 is 0 Å². The van der Waals surface area contributed by atoms with Gasteiger partial charge in [-0.2, -0.15) is 0 Å². The molecular formula is C20H37IN4O. The minimum absolute atomic E-state index is 0. The lowest BCUT2D eigenvalue weighted by Gasteiger charge is -2.23. The van der Waals surface area contributed by atoms with E-state index in [9.17, 15) is 0 Å². The van der Waals surface area contributed by atoms with E-state index in [0.29, 0.717) is 6.54 Å². The molecule has 0 aliphatic rings. The van der Waals surface area contributed by atoms with Crippen LogP contribution in [-0.4, -0.2) is 36.7 Å². The number of nitrogens with zero attached hydrogens (tertiary/aromatic N) is 1. The summed E-state index contributed by atoms with van der Waals surface area (Å²) in [7, 11) is 0. The number of halogens is 1. The number of hydrogen-bond acceptors (Lipinski definition) is 3. The van der Waals surface area contributed by atoms with E-state index in [4.69, 9.17) is 9.73 Å². The highest BCUT2D eigenvalue weighted by atomic mass is 127. The first kappa shape index (κ1) is 25.0. The largest absolute Gasteiger partial charge is 0.488 e. The molecule has 0 amide bonds.